The van der Waals surface area contributed by atoms with Crippen LogP contribution in [0.4, 0.5) is 0 Å². The van der Waals surface area contributed by atoms with Gasteiger partial charge in [-0.05, 0) is 31.2 Å². The molecule has 1 atom stereocenters. The monoisotopic (exact) mass is 311 g/mol. The Morgan fingerprint density at radius 1 is 1.22 bits per heavy atom. The third-order valence-electron chi connectivity index (χ3n) is 3.56. The molecule has 0 saturated heterocycles. The van der Waals surface area contributed by atoms with Crippen LogP contribution >= 0.6 is 0 Å². The van der Waals surface area contributed by atoms with Crippen molar-refractivity contribution in [3.05, 3.63) is 59.7 Å². The van der Waals surface area contributed by atoms with E-state index in [4.69, 9.17) is 14.3 Å². The Bertz CT molecular complexity index is 740. The lowest BCUT2D eigenvalue weighted by atomic mass is 10.0. The maximum Gasteiger partial charge on any atom is 0.365 e. The van der Waals surface area contributed by atoms with Crippen LogP contribution in [-0.2, 0) is 4.84 Å². The number of nitrogens with zero attached hydrogens (tertiary/aromatic N) is 1. The molecule has 1 aliphatic heterocycles. The summed E-state index contributed by atoms with van der Waals surface area (Å²) in [6, 6.07) is 14.3. The Morgan fingerprint density at radius 3 is 2.74 bits per heavy atom. The Morgan fingerprint density at radius 2 is 2.00 bits per heavy atom. The van der Waals surface area contributed by atoms with Gasteiger partial charge in [0.1, 0.15) is 17.6 Å². The summed E-state index contributed by atoms with van der Waals surface area (Å²) in [5.41, 5.74) is 1.96. The van der Waals surface area contributed by atoms with Gasteiger partial charge in [-0.1, -0.05) is 23.4 Å². The largest absolute Gasteiger partial charge is 0.497 e. The van der Waals surface area contributed by atoms with Crippen LogP contribution in [0.3, 0.4) is 0 Å². The molecule has 0 radical (unpaired) electrons. The first kappa shape index (κ1) is 15.1. The first-order valence-corrected chi connectivity index (χ1v) is 7.35. The van der Waals surface area contributed by atoms with Gasteiger partial charge in [-0.3, -0.25) is 0 Å². The number of fused-ring (bicyclic) bond motifs is 1. The SMILES string of the molecule is COc1ccc2c(c1)O[C@H](C)C/C2=N\OC(=O)c1ccccc1. The summed E-state index contributed by atoms with van der Waals surface area (Å²) in [4.78, 5) is 17.1. The molecule has 0 aliphatic carbocycles. The number of hydrogen-bond donors (Lipinski definition) is 0. The van der Waals surface area contributed by atoms with E-state index >= 15 is 0 Å². The molecule has 0 N–H and O–H groups in total. The maximum absolute atomic E-state index is 12.0. The lowest BCUT2D eigenvalue weighted by molar-refractivity contribution is 0.0513. The first-order valence-electron chi connectivity index (χ1n) is 7.35. The molecule has 1 aliphatic rings. The molecule has 118 valence electrons. The van der Waals surface area contributed by atoms with Gasteiger partial charge in [0.05, 0.1) is 18.4 Å². The Labute approximate surface area is 134 Å². The van der Waals surface area contributed by atoms with Gasteiger partial charge in [0.25, 0.3) is 0 Å². The fourth-order valence-corrected chi connectivity index (χ4v) is 2.42. The maximum atomic E-state index is 12.0. The van der Waals surface area contributed by atoms with Gasteiger partial charge in [-0.2, -0.15) is 0 Å². The van der Waals surface area contributed by atoms with Crippen molar-refractivity contribution in [2.45, 2.75) is 19.4 Å². The fraction of sp³-hybridized carbons (Fsp3) is 0.222. The van der Waals surface area contributed by atoms with Gasteiger partial charge in [-0.15, -0.1) is 0 Å². The van der Waals surface area contributed by atoms with Crippen molar-refractivity contribution in [1.29, 1.82) is 0 Å². The van der Waals surface area contributed by atoms with Crippen LogP contribution in [0.25, 0.3) is 0 Å². The molecule has 2 aromatic rings. The van der Waals surface area contributed by atoms with Crippen LogP contribution in [-0.4, -0.2) is 24.9 Å². The average Bonchev–Trinajstić information content (AvgIpc) is 2.59. The van der Waals surface area contributed by atoms with E-state index in [-0.39, 0.29) is 6.10 Å². The van der Waals surface area contributed by atoms with Crippen molar-refractivity contribution in [3.8, 4) is 11.5 Å². The molecule has 0 bridgehead atoms. The van der Waals surface area contributed by atoms with E-state index in [0.717, 1.165) is 5.56 Å². The van der Waals surface area contributed by atoms with Gasteiger partial charge in [0, 0.05) is 18.1 Å². The zero-order valence-electron chi connectivity index (χ0n) is 13.0. The molecule has 0 spiro atoms. The van der Waals surface area contributed by atoms with Crippen LogP contribution < -0.4 is 9.47 Å². The summed E-state index contributed by atoms with van der Waals surface area (Å²) in [7, 11) is 1.60. The van der Waals surface area contributed by atoms with Gasteiger partial charge in [-0.25, -0.2) is 4.79 Å². The molecule has 3 rings (SSSR count). The lowest BCUT2D eigenvalue weighted by Crippen LogP contribution is -2.25. The number of benzene rings is 2. The second-order valence-corrected chi connectivity index (χ2v) is 5.28. The fourth-order valence-electron chi connectivity index (χ4n) is 2.42. The summed E-state index contributed by atoms with van der Waals surface area (Å²) in [5, 5.41) is 4.05. The summed E-state index contributed by atoms with van der Waals surface area (Å²) < 4.78 is 11.0. The molecule has 0 amide bonds. The number of hydrogen-bond acceptors (Lipinski definition) is 5. The molecule has 23 heavy (non-hydrogen) atoms. The molecule has 0 aromatic heterocycles. The van der Waals surface area contributed by atoms with E-state index < -0.39 is 5.97 Å². The number of ether oxygens (including phenoxy) is 2. The number of carbonyl (C=O) groups is 1. The molecule has 5 heteroatoms. The van der Waals surface area contributed by atoms with Crippen molar-refractivity contribution in [1.82, 2.24) is 0 Å². The molecule has 0 saturated carbocycles. The van der Waals surface area contributed by atoms with Crippen LogP contribution in [0.2, 0.25) is 0 Å². The third kappa shape index (κ3) is 3.34. The topological polar surface area (TPSA) is 57.1 Å². The third-order valence-corrected chi connectivity index (χ3v) is 3.56. The van der Waals surface area contributed by atoms with E-state index in [1.165, 1.54) is 0 Å². The quantitative estimate of drug-likeness (QED) is 0.644. The van der Waals surface area contributed by atoms with E-state index in [0.29, 0.717) is 29.2 Å². The van der Waals surface area contributed by atoms with Crippen LogP contribution in [0.15, 0.2) is 53.7 Å². The summed E-state index contributed by atoms with van der Waals surface area (Å²) >= 11 is 0. The predicted molar refractivity (Wildman–Crippen MR) is 86.1 cm³/mol. The van der Waals surface area contributed by atoms with Crippen molar-refractivity contribution in [3.63, 3.8) is 0 Å². The minimum absolute atomic E-state index is 0.0521. The van der Waals surface area contributed by atoms with E-state index in [1.807, 2.05) is 25.1 Å². The minimum Gasteiger partial charge on any atom is -0.497 e. The van der Waals surface area contributed by atoms with Crippen LogP contribution in [0.5, 0.6) is 11.5 Å². The Balaban J connectivity index is 1.84. The van der Waals surface area contributed by atoms with E-state index in [1.54, 1.807) is 37.4 Å². The van der Waals surface area contributed by atoms with Gasteiger partial charge >= 0.3 is 5.97 Å². The van der Waals surface area contributed by atoms with E-state index in [9.17, 15) is 4.79 Å². The predicted octanol–water partition coefficient (Wildman–Crippen LogP) is 3.43. The number of rotatable bonds is 3. The van der Waals surface area contributed by atoms with Crippen molar-refractivity contribution in [2.24, 2.45) is 5.16 Å². The van der Waals surface area contributed by atoms with Crippen molar-refractivity contribution < 1.29 is 19.1 Å². The van der Waals surface area contributed by atoms with Gasteiger partial charge < -0.3 is 14.3 Å². The summed E-state index contributed by atoms with van der Waals surface area (Å²) in [5.74, 6) is 0.906. The average molecular weight is 311 g/mol. The molecule has 1 heterocycles. The lowest BCUT2D eigenvalue weighted by Gasteiger charge is -2.24. The Hall–Kier alpha value is -2.82. The number of methoxy groups -OCH3 is 1. The minimum atomic E-state index is -0.479. The second kappa shape index (κ2) is 6.52. The molecule has 0 fully saturated rings. The van der Waals surface area contributed by atoms with Crippen LogP contribution in [0.1, 0.15) is 29.3 Å². The summed E-state index contributed by atoms with van der Waals surface area (Å²) in [6.45, 7) is 1.94. The molecule has 0 unspecified atom stereocenters. The standard InChI is InChI=1S/C18H17NO4/c1-12-10-16(15-9-8-14(21-2)11-17(15)22-12)19-23-18(20)13-6-4-3-5-7-13/h3-9,11-12H,10H2,1-2H3/b19-16+/t12-/m1/s1. The molecule has 5 nitrogen and oxygen atoms in total. The van der Waals surface area contributed by atoms with Gasteiger partial charge in [0.15, 0.2) is 0 Å². The number of carbonyl (C=O) groups excluding carboxylic acids is 1. The molecular formula is C18H17NO4. The van der Waals surface area contributed by atoms with Crippen LogP contribution in [0, 0.1) is 0 Å². The number of oxime groups is 1. The van der Waals surface area contributed by atoms with E-state index in [2.05, 4.69) is 5.16 Å². The smallest absolute Gasteiger partial charge is 0.365 e. The van der Waals surface area contributed by atoms with Crippen molar-refractivity contribution >= 4 is 11.7 Å². The Kier molecular flexibility index (Phi) is 4.28. The first-order chi connectivity index (χ1) is 11.2. The normalized spacial score (nSPS) is 18.0. The summed E-state index contributed by atoms with van der Waals surface area (Å²) in [6.07, 6.45) is 0.519. The molecule has 2 aromatic carbocycles. The highest BCUT2D eigenvalue weighted by atomic mass is 16.7. The second-order valence-electron chi connectivity index (χ2n) is 5.28. The highest BCUT2D eigenvalue weighted by Crippen LogP contribution is 2.31. The van der Waals surface area contributed by atoms with Crippen molar-refractivity contribution in [2.75, 3.05) is 7.11 Å². The van der Waals surface area contributed by atoms with Gasteiger partial charge in [0.2, 0.25) is 0 Å². The molecular weight excluding hydrogens is 294 g/mol. The highest BCUT2D eigenvalue weighted by molar-refractivity contribution is 6.04. The zero-order chi connectivity index (χ0) is 16.2. The highest BCUT2D eigenvalue weighted by Gasteiger charge is 2.23. The zero-order valence-corrected chi connectivity index (χ0v) is 13.0.